The minimum absolute atomic E-state index is 0.128. The molecule has 6 aliphatic heterocycles. The molecule has 12 rings (SSSR count). The molecule has 6 heterocycles. The second-order valence-corrected chi connectivity index (χ2v) is 18.0. The standard InChI is InChI=1S/C28H30N2O.C27H26Cl2N2/c1-31-25-14-8-13-24(19-25)26(22-11-6-3-7-12-22)28-27(23-15-17-30(28)18-16-23)29-20-21-9-4-2-5-10-21;28-22-11-12-23(24(29)17-22)25(20-9-5-2-6-10-20)27-26(21-13-15-31(27)16-14-21)30-18-19-7-3-1-4-8-19/h2-14,19,23,26,28H,15-18,20H2,1H3;1-12,17,21,25,27H,13-16,18H2. The van der Waals surface area contributed by atoms with Gasteiger partial charge in [-0.05, 0) is 110 Å². The maximum absolute atomic E-state index is 6.77. The van der Waals surface area contributed by atoms with Crippen molar-refractivity contribution in [1.29, 1.82) is 0 Å². The van der Waals surface area contributed by atoms with Crippen LogP contribution in [-0.4, -0.2) is 66.6 Å². The van der Waals surface area contributed by atoms with Crippen LogP contribution in [0.4, 0.5) is 0 Å². The fourth-order valence-corrected chi connectivity index (χ4v) is 11.1. The molecule has 4 bridgehead atoms. The van der Waals surface area contributed by atoms with Crippen molar-refractivity contribution < 1.29 is 4.74 Å². The second kappa shape index (κ2) is 20.0. The molecule has 0 aliphatic carbocycles. The number of piperidine rings is 6. The van der Waals surface area contributed by atoms with Crippen LogP contribution in [0.25, 0.3) is 0 Å². The van der Waals surface area contributed by atoms with Crippen molar-refractivity contribution >= 4 is 34.6 Å². The monoisotopic (exact) mass is 858 g/mol. The zero-order valence-corrected chi connectivity index (χ0v) is 37.1. The van der Waals surface area contributed by atoms with Crippen LogP contribution in [0.1, 0.15) is 70.9 Å². The van der Waals surface area contributed by atoms with Gasteiger partial charge in [-0.15, -0.1) is 0 Å². The van der Waals surface area contributed by atoms with Gasteiger partial charge >= 0.3 is 0 Å². The average Bonchev–Trinajstić information content (AvgIpc) is 3.34. The molecule has 7 heteroatoms. The number of nitrogens with zero attached hydrogens (tertiary/aromatic N) is 4. The van der Waals surface area contributed by atoms with Crippen LogP contribution < -0.4 is 4.74 Å². The summed E-state index contributed by atoms with van der Waals surface area (Å²) in [4.78, 5) is 15.8. The smallest absolute Gasteiger partial charge is 0.119 e. The molecule has 6 aromatic carbocycles. The summed E-state index contributed by atoms with van der Waals surface area (Å²) in [6, 6.07) is 57.9. The molecule has 6 aromatic rings. The Balaban J connectivity index is 0.000000158. The molecular formula is C55H56Cl2N4O. The van der Waals surface area contributed by atoms with E-state index in [0.29, 0.717) is 22.9 Å². The Kier molecular flexibility index (Phi) is 13.6. The first-order valence-electron chi connectivity index (χ1n) is 22.4. The van der Waals surface area contributed by atoms with E-state index in [1.807, 2.05) is 18.2 Å². The van der Waals surface area contributed by atoms with Gasteiger partial charge < -0.3 is 4.74 Å². The van der Waals surface area contributed by atoms with Gasteiger partial charge in [-0.1, -0.05) is 163 Å². The molecule has 62 heavy (non-hydrogen) atoms. The number of hydrogen-bond donors (Lipinski definition) is 0. The van der Waals surface area contributed by atoms with Crippen LogP contribution in [-0.2, 0) is 13.1 Å². The molecule has 0 amide bonds. The minimum Gasteiger partial charge on any atom is -0.497 e. The van der Waals surface area contributed by atoms with E-state index in [-0.39, 0.29) is 17.9 Å². The number of ether oxygens (including phenoxy) is 1. The number of hydrogen-bond acceptors (Lipinski definition) is 5. The summed E-state index contributed by atoms with van der Waals surface area (Å²) < 4.78 is 5.58. The van der Waals surface area contributed by atoms with Gasteiger partial charge in [0.25, 0.3) is 0 Å². The van der Waals surface area contributed by atoms with Crippen LogP contribution in [0.2, 0.25) is 10.0 Å². The Morgan fingerprint density at radius 3 is 1.45 bits per heavy atom. The Morgan fingerprint density at radius 2 is 0.968 bits per heavy atom. The number of methoxy groups -OCH3 is 1. The highest BCUT2D eigenvalue weighted by Gasteiger charge is 2.45. The zero-order chi connectivity index (χ0) is 42.3. The zero-order valence-electron chi connectivity index (χ0n) is 35.6. The number of benzene rings is 6. The van der Waals surface area contributed by atoms with Crippen molar-refractivity contribution in [2.24, 2.45) is 21.8 Å². The summed E-state index contributed by atoms with van der Waals surface area (Å²) >= 11 is 13.0. The van der Waals surface area contributed by atoms with Gasteiger partial charge in [0, 0.05) is 45.1 Å². The van der Waals surface area contributed by atoms with Gasteiger partial charge in [0.05, 0.1) is 32.3 Å². The Labute approximate surface area is 378 Å². The van der Waals surface area contributed by atoms with E-state index in [1.54, 1.807) is 7.11 Å². The number of rotatable bonds is 11. The summed E-state index contributed by atoms with van der Waals surface area (Å²) in [7, 11) is 1.75. The van der Waals surface area contributed by atoms with Gasteiger partial charge in [-0.2, -0.15) is 0 Å². The molecule has 4 unspecified atom stereocenters. The van der Waals surface area contributed by atoms with Crippen LogP contribution >= 0.6 is 23.2 Å². The molecule has 6 saturated heterocycles. The van der Waals surface area contributed by atoms with Crippen molar-refractivity contribution in [2.45, 2.75) is 62.7 Å². The third-order valence-corrected chi connectivity index (χ3v) is 14.1. The highest BCUT2D eigenvalue weighted by atomic mass is 35.5. The molecule has 4 atom stereocenters. The van der Waals surface area contributed by atoms with Gasteiger partial charge in [-0.25, -0.2) is 0 Å². The lowest BCUT2D eigenvalue weighted by Gasteiger charge is -2.49. The van der Waals surface area contributed by atoms with Crippen molar-refractivity contribution in [3.05, 3.63) is 207 Å². The van der Waals surface area contributed by atoms with Crippen LogP contribution in [0.3, 0.4) is 0 Å². The molecule has 0 aromatic heterocycles. The molecule has 5 nitrogen and oxygen atoms in total. The van der Waals surface area contributed by atoms with Crippen LogP contribution in [0, 0.1) is 11.8 Å². The molecule has 6 aliphatic rings. The molecular weight excluding hydrogens is 804 g/mol. The first-order chi connectivity index (χ1) is 30.5. The van der Waals surface area contributed by atoms with E-state index in [9.17, 15) is 0 Å². The maximum atomic E-state index is 6.77. The SMILES string of the molecule is COc1cccc(C(c2ccccc2)C2C(=NCc3ccccc3)C3CCN2CC3)c1.Clc1ccc(C(c2ccccc2)C2C(=NCc3ccccc3)C3CCN2CC3)c(Cl)c1. The fraction of sp³-hybridized carbons (Fsp3) is 0.309. The summed E-state index contributed by atoms with van der Waals surface area (Å²) in [6.45, 7) is 6.05. The van der Waals surface area contributed by atoms with E-state index >= 15 is 0 Å². The normalized spacial score (nSPS) is 24.9. The van der Waals surface area contributed by atoms with E-state index in [2.05, 4.69) is 155 Å². The summed E-state index contributed by atoms with van der Waals surface area (Å²) in [5.74, 6) is 2.43. The molecule has 0 N–H and O–H groups in total. The molecule has 0 spiro atoms. The Bertz CT molecular complexity index is 2430. The highest BCUT2D eigenvalue weighted by Crippen LogP contribution is 2.44. The fourth-order valence-electron chi connectivity index (χ4n) is 10.5. The highest BCUT2D eigenvalue weighted by molar-refractivity contribution is 6.35. The van der Waals surface area contributed by atoms with E-state index in [0.717, 1.165) is 55.6 Å². The third kappa shape index (κ3) is 9.47. The number of aliphatic imine (C=N–C) groups is 2. The van der Waals surface area contributed by atoms with E-state index < -0.39 is 0 Å². The van der Waals surface area contributed by atoms with Crippen molar-refractivity contribution in [1.82, 2.24) is 9.80 Å². The largest absolute Gasteiger partial charge is 0.497 e. The van der Waals surface area contributed by atoms with Gasteiger partial charge in [0.2, 0.25) is 0 Å². The van der Waals surface area contributed by atoms with Crippen molar-refractivity contribution in [3.63, 3.8) is 0 Å². The Morgan fingerprint density at radius 1 is 0.516 bits per heavy atom. The van der Waals surface area contributed by atoms with Crippen molar-refractivity contribution in [3.8, 4) is 5.75 Å². The van der Waals surface area contributed by atoms with Crippen molar-refractivity contribution in [2.75, 3.05) is 33.3 Å². The molecule has 316 valence electrons. The molecule has 6 fully saturated rings. The van der Waals surface area contributed by atoms with Gasteiger partial charge in [-0.3, -0.25) is 19.8 Å². The lowest BCUT2D eigenvalue weighted by atomic mass is 9.72. The quantitative estimate of drug-likeness (QED) is 0.130. The average molecular weight is 860 g/mol. The first-order valence-corrected chi connectivity index (χ1v) is 23.1. The summed E-state index contributed by atoms with van der Waals surface area (Å²) in [5.41, 5.74) is 10.3. The van der Waals surface area contributed by atoms with Gasteiger partial charge in [0.1, 0.15) is 5.75 Å². The van der Waals surface area contributed by atoms with Gasteiger partial charge in [0.15, 0.2) is 0 Å². The van der Waals surface area contributed by atoms with E-state index in [1.165, 1.54) is 64.9 Å². The third-order valence-electron chi connectivity index (χ3n) is 13.6. The minimum atomic E-state index is 0.128. The summed E-state index contributed by atoms with van der Waals surface area (Å²) in [5, 5.41) is 1.40. The molecule has 0 radical (unpaired) electrons. The van der Waals surface area contributed by atoms with Crippen LogP contribution in [0.15, 0.2) is 174 Å². The topological polar surface area (TPSA) is 40.4 Å². The lowest BCUT2D eigenvalue weighted by Crippen LogP contribution is -2.58. The number of halogens is 2. The second-order valence-electron chi connectivity index (χ2n) is 17.2. The predicted octanol–water partition coefficient (Wildman–Crippen LogP) is 12.4. The summed E-state index contributed by atoms with van der Waals surface area (Å²) in [6.07, 6.45) is 4.84. The lowest BCUT2D eigenvalue weighted by molar-refractivity contribution is 0.135. The first kappa shape index (κ1) is 42.3. The van der Waals surface area contributed by atoms with E-state index in [4.69, 9.17) is 37.9 Å². The van der Waals surface area contributed by atoms with Crippen LogP contribution in [0.5, 0.6) is 5.75 Å². The maximum Gasteiger partial charge on any atom is 0.119 e. The Hall–Kier alpha value is -5.04. The molecule has 0 saturated carbocycles. The predicted molar refractivity (Wildman–Crippen MR) is 257 cm³/mol. The number of fused-ring (bicyclic) bond motifs is 6.